The molecule has 0 saturated carbocycles. The molecule has 0 bridgehead atoms. The van der Waals surface area contributed by atoms with E-state index in [-0.39, 0.29) is 6.42 Å². The minimum Gasteiger partial charge on any atom is -0.490 e. The Kier molecular flexibility index (Phi) is 5.00. The van der Waals surface area contributed by atoms with Gasteiger partial charge in [0.1, 0.15) is 17.6 Å². The third kappa shape index (κ3) is 4.58. The molecule has 3 aromatic rings. The van der Waals surface area contributed by atoms with Crippen molar-refractivity contribution in [2.75, 3.05) is 0 Å². The smallest absolute Gasteiger partial charge is 0.307 e. The average Bonchev–Trinajstić information content (AvgIpc) is 2.56. The maximum absolute atomic E-state index is 10.6. The molecule has 0 spiro atoms. The van der Waals surface area contributed by atoms with E-state index in [2.05, 4.69) is 9.97 Å². The Morgan fingerprint density at radius 1 is 1.16 bits per heavy atom. The highest BCUT2D eigenvalue weighted by Crippen LogP contribution is 2.25. The van der Waals surface area contributed by atoms with Crippen molar-refractivity contribution < 1.29 is 19.4 Å². The first-order valence-electron chi connectivity index (χ1n) is 7.58. The fourth-order valence-corrected chi connectivity index (χ4v) is 2.41. The maximum atomic E-state index is 10.6. The topological polar surface area (TPSA) is 81.5 Å². The number of carbonyl (C=O) groups is 1. The Morgan fingerprint density at radius 2 is 1.88 bits per heavy atom. The predicted octanol–water partition coefficient (Wildman–Crippen LogP) is 4.32. The number of carboxylic acid groups (broad SMARTS) is 1. The van der Waals surface area contributed by atoms with Crippen molar-refractivity contribution in [2.24, 2.45) is 0 Å². The summed E-state index contributed by atoms with van der Waals surface area (Å²) in [4.78, 5) is 19.3. The highest BCUT2D eigenvalue weighted by Gasteiger charge is 2.09. The molecule has 0 fully saturated rings. The lowest BCUT2D eigenvalue weighted by Gasteiger charge is -2.13. The van der Waals surface area contributed by atoms with E-state index in [1.165, 1.54) is 6.20 Å². The third-order valence-corrected chi connectivity index (χ3v) is 3.56. The van der Waals surface area contributed by atoms with Gasteiger partial charge in [0.2, 0.25) is 5.88 Å². The maximum Gasteiger partial charge on any atom is 0.307 e. The minimum atomic E-state index is -0.899. The molecule has 1 aromatic heterocycles. The van der Waals surface area contributed by atoms with Gasteiger partial charge in [0, 0.05) is 5.02 Å². The normalized spacial score (nSPS) is 11.9. The van der Waals surface area contributed by atoms with Crippen LogP contribution in [0.2, 0.25) is 5.02 Å². The Hall–Kier alpha value is -2.86. The molecule has 1 atom stereocenters. The van der Waals surface area contributed by atoms with Crippen LogP contribution in [0, 0.1) is 0 Å². The van der Waals surface area contributed by atoms with Crippen LogP contribution < -0.4 is 9.47 Å². The van der Waals surface area contributed by atoms with E-state index >= 15 is 0 Å². The van der Waals surface area contributed by atoms with Gasteiger partial charge in [-0.05, 0) is 49.4 Å². The molecule has 0 radical (unpaired) electrons. The molecule has 3 rings (SSSR count). The van der Waals surface area contributed by atoms with E-state index in [0.29, 0.717) is 33.4 Å². The standard InChI is InChI=1S/C18H15ClN2O4/c1-11(8-18(22)23)24-13-3-5-14(6-4-13)25-17-10-20-16-9-12(19)2-7-15(16)21-17/h2-7,9-11H,8H2,1H3,(H,22,23). The summed E-state index contributed by atoms with van der Waals surface area (Å²) in [6.45, 7) is 1.70. The molecule has 0 aliphatic heterocycles. The fraction of sp³-hybridized carbons (Fsp3) is 0.167. The molecule has 2 aromatic carbocycles. The zero-order chi connectivity index (χ0) is 17.8. The zero-order valence-electron chi connectivity index (χ0n) is 13.3. The van der Waals surface area contributed by atoms with E-state index in [1.807, 2.05) is 0 Å². The van der Waals surface area contributed by atoms with Gasteiger partial charge in [0.15, 0.2) is 0 Å². The summed E-state index contributed by atoms with van der Waals surface area (Å²) in [5.41, 5.74) is 1.38. The summed E-state index contributed by atoms with van der Waals surface area (Å²) in [7, 11) is 0. The van der Waals surface area contributed by atoms with Gasteiger partial charge in [-0.15, -0.1) is 0 Å². The first-order chi connectivity index (χ1) is 12.0. The van der Waals surface area contributed by atoms with Crippen LogP contribution in [0.3, 0.4) is 0 Å². The quantitative estimate of drug-likeness (QED) is 0.706. The molecular formula is C18H15ClN2O4. The van der Waals surface area contributed by atoms with Crippen molar-refractivity contribution in [3.8, 4) is 17.4 Å². The van der Waals surface area contributed by atoms with E-state index in [0.717, 1.165) is 0 Å². The Morgan fingerprint density at radius 3 is 2.60 bits per heavy atom. The van der Waals surface area contributed by atoms with Crippen LogP contribution in [0.25, 0.3) is 11.0 Å². The van der Waals surface area contributed by atoms with Crippen LogP contribution in [0.1, 0.15) is 13.3 Å². The number of hydrogen-bond acceptors (Lipinski definition) is 5. The van der Waals surface area contributed by atoms with Gasteiger partial charge < -0.3 is 14.6 Å². The second-order valence-electron chi connectivity index (χ2n) is 5.44. The van der Waals surface area contributed by atoms with Gasteiger partial charge in [0.25, 0.3) is 0 Å². The number of hydrogen-bond donors (Lipinski definition) is 1. The number of aliphatic carboxylic acids is 1. The van der Waals surface area contributed by atoms with Gasteiger partial charge in [-0.1, -0.05) is 11.6 Å². The Labute approximate surface area is 149 Å². The molecule has 1 heterocycles. The summed E-state index contributed by atoms with van der Waals surface area (Å²) >= 11 is 5.92. The highest BCUT2D eigenvalue weighted by atomic mass is 35.5. The third-order valence-electron chi connectivity index (χ3n) is 3.33. The fourth-order valence-electron chi connectivity index (χ4n) is 2.24. The molecule has 0 saturated heterocycles. The van der Waals surface area contributed by atoms with Gasteiger partial charge in [-0.3, -0.25) is 4.79 Å². The summed E-state index contributed by atoms with van der Waals surface area (Å²) < 4.78 is 11.2. The lowest BCUT2D eigenvalue weighted by atomic mass is 10.3. The van der Waals surface area contributed by atoms with E-state index < -0.39 is 12.1 Å². The number of ether oxygens (including phenoxy) is 2. The number of rotatable bonds is 6. The molecule has 7 heteroatoms. The second-order valence-corrected chi connectivity index (χ2v) is 5.88. The first-order valence-corrected chi connectivity index (χ1v) is 7.96. The lowest BCUT2D eigenvalue weighted by Crippen LogP contribution is -2.16. The largest absolute Gasteiger partial charge is 0.490 e. The number of nitrogens with zero attached hydrogens (tertiary/aromatic N) is 2. The van der Waals surface area contributed by atoms with Gasteiger partial charge in [0.05, 0.1) is 23.7 Å². The summed E-state index contributed by atoms with van der Waals surface area (Å²) in [6.07, 6.45) is 1.05. The molecule has 6 nitrogen and oxygen atoms in total. The first kappa shape index (κ1) is 17.0. The van der Waals surface area contributed by atoms with Crippen LogP contribution in [-0.2, 0) is 4.79 Å². The number of aromatic nitrogens is 2. The summed E-state index contributed by atoms with van der Waals surface area (Å²) in [6, 6.07) is 12.1. The van der Waals surface area contributed by atoms with Crippen molar-refractivity contribution in [2.45, 2.75) is 19.4 Å². The van der Waals surface area contributed by atoms with Crippen molar-refractivity contribution in [3.63, 3.8) is 0 Å². The van der Waals surface area contributed by atoms with E-state index in [4.69, 9.17) is 26.2 Å². The molecule has 0 amide bonds. The van der Waals surface area contributed by atoms with Crippen LogP contribution in [0.4, 0.5) is 0 Å². The molecule has 1 unspecified atom stereocenters. The Balaban J connectivity index is 1.69. The van der Waals surface area contributed by atoms with Crippen LogP contribution in [0.5, 0.6) is 17.4 Å². The molecule has 1 N–H and O–H groups in total. The molecule has 0 aliphatic carbocycles. The monoisotopic (exact) mass is 358 g/mol. The average molecular weight is 359 g/mol. The SMILES string of the molecule is CC(CC(=O)O)Oc1ccc(Oc2cnc3cc(Cl)ccc3n2)cc1. The lowest BCUT2D eigenvalue weighted by molar-refractivity contribution is -0.138. The number of halogens is 1. The van der Waals surface area contributed by atoms with Crippen molar-refractivity contribution >= 4 is 28.6 Å². The highest BCUT2D eigenvalue weighted by molar-refractivity contribution is 6.31. The zero-order valence-corrected chi connectivity index (χ0v) is 14.1. The van der Waals surface area contributed by atoms with Crippen LogP contribution in [0.15, 0.2) is 48.7 Å². The molecule has 128 valence electrons. The van der Waals surface area contributed by atoms with Crippen molar-refractivity contribution in [3.05, 3.63) is 53.7 Å². The second kappa shape index (κ2) is 7.36. The molecule has 25 heavy (non-hydrogen) atoms. The number of benzene rings is 2. The van der Waals surface area contributed by atoms with Crippen molar-refractivity contribution in [1.82, 2.24) is 9.97 Å². The van der Waals surface area contributed by atoms with Gasteiger partial charge in [-0.2, -0.15) is 0 Å². The van der Waals surface area contributed by atoms with E-state index in [9.17, 15) is 4.79 Å². The van der Waals surface area contributed by atoms with Gasteiger partial charge in [-0.25, -0.2) is 9.97 Å². The molecule has 0 aliphatic rings. The molecular weight excluding hydrogens is 344 g/mol. The van der Waals surface area contributed by atoms with E-state index in [1.54, 1.807) is 49.4 Å². The van der Waals surface area contributed by atoms with Crippen molar-refractivity contribution in [1.29, 1.82) is 0 Å². The van der Waals surface area contributed by atoms with Crippen LogP contribution in [-0.4, -0.2) is 27.1 Å². The van der Waals surface area contributed by atoms with Gasteiger partial charge >= 0.3 is 5.97 Å². The summed E-state index contributed by atoms with van der Waals surface area (Å²) in [5, 5.41) is 9.34. The summed E-state index contributed by atoms with van der Waals surface area (Å²) in [5.74, 6) is 0.604. The minimum absolute atomic E-state index is 0.0606. The Bertz CT molecular complexity index is 899. The number of fused-ring (bicyclic) bond motifs is 1. The van der Waals surface area contributed by atoms with Crippen LogP contribution >= 0.6 is 11.6 Å². The number of carboxylic acids is 1. The predicted molar refractivity (Wildman–Crippen MR) is 93.4 cm³/mol.